The lowest BCUT2D eigenvalue weighted by Gasteiger charge is -2.22. The van der Waals surface area contributed by atoms with Crippen LogP contribution in [-0.4, -0.2) is 41.5 Å². The molecule has 186 valence electrons. The number of ether oxygens (including phenoxy) is 3. The molecule has 1 N–H and O–H groups in total. The van der Waals surface area contributed by atoms with Crippen LogP contribution in [-0.2, 0) is 16.0 Å². The van der Waals surface area contributed by atoms with E-state index in [2.05, 4.69) is 26.2 Å². The molecule has 10 heteroatoms. The summed E-state index contributed by atoms with van der Waals surface area (Å²) < 4.78 is 32.8. The third-order valence-corrected chi connectivity index (χ3v) is 6.22. The fourth-order valence-electron chi connectivity index (χ4n) is 3.67. The van der Waals surface area contributed by atoms with Gasteiger partial charge in [0.2, 0.25) is 0 Å². The monoisotopic (exact) mass is 565 g/mol. The highest BCUT2D eigenvalue weighted by atomic mass is 79.9. The van der Waals surface area contributed by atoms with Crippen LogP contribution in [0.2, 0.25) is 5.02 Å². The van der Waals surface area contributed by atoms with Crippen molar-refractivity contribution < 1.29 is 23.4 Å². The van der Waals surface area contributed by atoms with Crippen molar-refractivity contribution >= 4 is 33.4 Å². The summed E-state index contributed by atoms with van der Waals surface area (Å²) in [6.07, 6.45) is 3.56. The van der Waals surface area contributed by atoms with Crippen LogP contribution >= 0.6 is 27.5 Å². The molecule has 0 aliphatic carbocycles. The van der Waals surface area contributed by atoms with E-state index < -0.39 is 5.82 Å². The Hall–Kier alpha value is -2.46. The molecule has 1 aliphatic heterocycles. The van der Waals surface area contributed by atoms with Crippen LogP contribution in [0, 0.1) is 5.82 Å². The summed E-state index contributed by atoms with van der Waals surface area (Å²) in [6.45, 7) is 1.94. The predicted octanol–water partition coefficient (Wildman–Crippen LogP) is 5.94. The number of nitrogens with zero attached hydrogens (tertiary/aromatic N) is 2. The zero-order chi connectivity index (χ0) is 24.6. The zero-order valence-electron chi connectivity index (χ0n) is 19.0. The van der Waals surface area contributed by atoms with Gasteiger partial charge in [-0.2, -0.15) is 4.98 Å². The molecule has 0 bridgehead atoms. The van der Waals surface area contributed by atoms with Crippen molar-refractivity contribution in [2.75, 3.05) is 19.8 Å². The molecule has 1 aromatic heterocycles. The second kappa shape index (κ2) is 12.5. The Morgan fingerprint density at radius 1 is 1.26 bits per heavy atom. The van der Waals surface area contributed by atoms with Crippen molar-refractivity contribution in [1.29, 1.82) is 0 Å². The van der Waals surface area contributed by atoms with Crippen molar-refractivity contribution in [3.8, 4) is 11.8 Å². The maximum Gasteiger partial charge on any atom is 0.303 e. The number of benzene rings is 2. The molecule has 1 unspecified atom stereocenters. The van der Waals surface area contributed by atoms with E-state index in [1.54, 1.807) is 28.8 Å². The fraction of sp³-hybridized carbons (Fsp3) is 0.360. The molecular formula is C25H26BrClFN3O4. The highest BCUT2D eigenvalue weighted by molar-refractivity contribution is 9.10. The fourth-order valence-corrected chi connectivity index (χ4v) is 4.34. The van der Waals surface area contributed by atoms with Crippen molar-refractivity contribution in [3.05, 3.63) is 75.2 Å². The number of imidazole rings is 1. The third-order valence-electron chi connectivity index (χ3n) is 5.41. The van der Waals surface area contributed by atoms with Gasteiger partial charge in [-0.1, -0.05) is 29.8 Å². The number of hydrogen-bond acceptors (Lipinski definition) is 5. The summed E-state index contributed by atoms with van der Waals surface area (Å²) in [5, 5.41) is 3.52. The van der Waals surface area contributed by atoms with E-state index in [1.807, 2.05) is 12.1 Å². The first-order valence-electron chi connectivity index (χ1n) is 11.4. The highest BCUT2D eigenvalue weighted by Gasteiger charge is 2.24. The Labute approximate surface area is 216 Å². The summed E-state index contributed by atoms with van der Waals surface area (Å²) in [6, 6.07) is 13.1. The molecule has 4 rings (SSSR count). The summed E-state index contributed by atoms with van der Waals surface area (Å²) in [5.74, 6) is -0.480. The van der Waals surface area contributed by atoms with Gasteiger partial charge in [-0.3, -0.25) is 9.36 Å². The van der Waals surface area contributed by atoms with Crippen LogP contribution in [0.4, 0.5) is 4.39 Å². The zero-order valence-corrected chi connectivity index (χ0v) is 21.4. The smallest absolute Gasteiger partial charge is 0.303 e. The summed E-state index contributed by atoms with van der Waals surface area (Å²) >= 11 is 9.40. The Kier molecular flexibility index (Phi) is 9.14. The molecule has 1 saturated heterocycles. The van der Waals surface area contributed by atoms with Gasteiger partial charge in [0.15, 0.2) is 6.29 Å². The van der Waals surface area contributed by atoms with E-state index in [0.717, 1.165) is 31.4 Å². The summed E-state index contributed by atoms with van der Waals surface area (Å²) in [5.41, 5.74) is 1.18. The Morgan fingerprint density at radius 2 is 2.09 bits per heavy atom. The van der Waals surface area contributed by atoms with Crippen LogP contribution in [0.1, 0.15) is 41.7 Å². The molecule has 0 saturated carbocycles. The molecule has 2 aromatic carbocycles. The number of nitrogens with one attached hydrogen (secondary N) is 1. The first kappa shape index (κ1) is 25.6. The van der Waals surface area contributed by atoms with Crippen LogP contribution in [0.15, 0.2) is 53.1 Å². The first-order valence-corrected chi connectivity index (χ1v) is 12.6. The molecule has 2 heterocycles. The van der Waals surface area contributed by atoms with Gasteiger partial charge in [0, 0.05) is 24.2 Å². The molecule has 1 aliphatic rings. The van der Waals surface area contributed by atoms with Gasteiger partial charge < -0.3 is 19.5 Å². The van der Waals surface area contributed by atoms with E-state index in [-0.39, 0.29) is 24.0 Å². The van der Waals surface area contributed by atoms with Crippen molar-refractivity contribution in [2.45, 2.75) is 38.5 Å². The third kappa shape index (κ3) is 7.27. The number of aromatic nitrogens is 2. The Morgan fingerprint density at radius 3 is 2.83 bits per heavy atom. The Bertz CT molecular complexity index is 1140. The summed E-state index contributed by atoms with van der Waals surface area (Å²) in [4.78, 5) is 17.5. The maximum atomic E-state index is 13.7. The van der Waals surface area contributed by atoms with Crippen molar-refractivity contribution in [2.24, 2.45) is 0 Å². The largest absolute Gasteiger partial charge is 0.425 e. The van der Waals surface area contributed by atoms with Gasteiger partial charge in [-0.05, 0) is 71.4 Å². The molecule has 35 heavy (non-hydrogen) atoms. The number of amides is 1. The molecule has 0 spiro atoms. The molecule has 1 atom stereocenters. The minimum atomic E-state index is -0.434. The number of carbonyl (C=O) groups excluding carboxylic acids is 1. The van der Waals surface area contributed by atoms with E-state index in [1.165, 1.54) is 12.1 Å². The first-order chi connectivity index (χ1) is 17.0. The SMILES string of the molecule is O=C(NCCCOC1CCCCO1)c1c(Br)nc(Oc2cccc(F)c2)n1Cc1ccc(Cl)cc1. The van der Waals surface area contributed by atoms with Gasteiger partial charge in [0.1, 0.15) is 21.9 Å². The lowest BCUT2D eigenvalue weighted by Crippen LogP contribution is -2.29. The molecular weight excluding hydrogens is 541 g/mol. The van der Waals surface area contributed by atoms with E-state index in [4.69, 9.17) is 25.8 Å². The second-order valence-corrected chi connectivity index (χ2v) is 9.27. The van der Waals surface area contributed by atoms with Gasteiger partial charge >= 0.3 is 6.01 Å². The van der Waals surface area contributed by atoms with Crippen LogP contribution in [0.3, 0.4) is 0 Å². The van der Waals surface area contributed by atoms with Gasteiger partial charge in [0.25, 0.3) is 5.91 Å². The normalized spacial score (nSPS) is 15.7. The molecule has 3 aromatic rings. The second-order valence-electron chi connectivity index (χ2n) is 8.08. The molecule has 1 fully saturated rings. The lowest BCUT2D eigenvalue weighted by molar-refractivity contribution is -0.162. The number of rotatable bonds is 10. The minimum Gasteiger partial charge on any atom is -0.425 e. The highest BCUT2D eigenvalue weighted by Crippen LogP contribution is 2.29. The van der Waals surface area contributed by atoms with Gasteiger partial charge in [0.05, 0.1) is 13.2 Å². The standard InChI is InChI=1S/C25H26BrClFN3O4/c26-23-22(24(32)29-12-4-14-34-21-7-1-2-13-33-21)31(16-17-8-10-18(27)11-9-17)25(30-23)35-20-6-3-5-19(28)15-20/h3,5-6,8-11,15,21H,1-2,4,7,12-14,16H2,(H,29,32). The lowest BCUT2D eigenvalue weighted by atomic mass is 10.2. The summed E-state index contributed by atoms with van der Waals surface area (Å²) in [7, 11) is 0. The number of hydrogen-bond donors (Lipinski definition) is 1. The Balaban J connectivity index is 1.46. The van der Waals surface area contributed by atoms with Crippen LogP contribution in [0.5, 0.6) is 11.8 Å². The molecule has 1 amide bonds. The van der Waals surface area contributed by atoms with Crippen LogP contribution < -0.4 is 10.1 Å². The quantitative estimate of drug-likeness (QED) is 0.307. The molecule has 0 radical (unpaired) electrons. The number of halogens is 3. The average molecular weight is 567 g/mol. The van der Waals surface area contributed by atoms with Crippen LogP contribution in [0.25, 0.3) is 0 Å². The van der Waals surface area contributed by atoms with Gasteiger partial charge in [-0.15, -0.1) is 0 Å². The minimum absolute atomic E-state index is 0.153. The molecule has 7 nitrogen and oxygen atoms in total. The topological polar surface area (TPSA) is 74.6 Å². The van der Waals surface area contributed by atoms with Crippen molar-refractivity contribution in [1.82, 2.24) is 14.9 Å². The maximum absolute atomic E-state index is 13.7. The predicted molar refractivity (Wildman–Crippen MR) is 133 cm³/mol. The van der Waals surface area contributed by atoms with Crippen molar-refractivity contribution in [3.63, 3.8) is 0 Å². The average Bonchev–Trinajstić information content (AvgIpc) is 3.15. The van der Waals surface area contributed by atoms with E-state index in [9.17, 15) is 9.18 Å². The van der Waals surface area contributed by atoms with E-state index >= 15 is 0 Å². The van der Waals surface area contributed by atoms with Gasteiger partial charge in [-0.25, -0.2) is 4.39 Å². The van der Waals surface area contributed by atoms with E-state index in [0.29, 0.717) is 41.4 Å². The number of carbonyl (C=O) groups is 1.